The lowest BCUT2D eigenvalue weighted by molar-refractivity contribution is 0.581. The summed E-state index contributed by atoms with van der Waals surface area (Å²) >= 11 is 5.46. The average molecular weight is 326 g/mol. The van der Waals surface area contributed by atoms with E-state index in [0.717, 1.165) is 18.2 Å². The molecular formula is C8H12Cl3FN2O2S. The van der Waals surface area contributed by atoms with Gasteiger partial charge in [-0.2, -0.15) is 0 Å². The van der Waals surface area contributed by atoms with Crippen molar-refractivity contribution in [2.75, 3.05) is 13.1 Å². The van der Waals surface area contributed by atoms with Crippen LogP contribution in [0.3, 0.4) is 0 Å². The highest BCUT2D eigenvalue weighted by Crippen LogP contribution is 2.18. The molecule has 0 aliphatic heterocycles. The summed E-state index contributed by atoms with van der Waals surface area (Å²) in [5.74, 6) is -0.658. The maximum absolute atomic E-state index is 12.8. The van der Waals surface area contributed by atoms with E-state index in [4.69, 9.17) is 17.3 Å². The van der Waals surface area contributed by atoms with Crippen LogP contribution in [0.15, 0.2) is 23.1 Å². The topological polar surface area (TPSA) is 72.2 Å². The molecule has 0 radical (unpaired) electrons. The van der Waals surface area contributed by atoms with E-state index in [2.05, 4.69) is 4.72 Å². The SMILES string of the molecule is Cl.Cl.NCCNS(=O)(=O)c1ccc(F)c(Cl)c1. The Balaban J connectivity index is 0. The van der Waals surface area contributed by atoms with E-state index < -0.39 is 15.8 Å². The Hall–Kier alpha value is -0.110. The monoisotopic (exact) mass is 324 g/mol. The van der Waals surface area contributed by atoms with Crippen LogP contribution in [0.4, 0.5) is 4.39 Å². The molecule has 1 aromatic carbocycles. The molecular weight excluding hydrogens is 314 g/mol. The first-order chi connectivity index (χ1) is 6.97. The lowest BCUT2D eigenvalue weighted by atomic mass is 10.3. The molecule has 4 nitrogen and oxygen atoms in total. The molecule has 100 valence electrons. The molecule has 0 atom stereocenters. The van der Waals surface area contributed by atoms with Gasteiger partial charge in [0.25, 0.3) is 0 Å². The van der Waals surface area contributed by atoms with E-state index >= 15 is 0 Å². The molecule has 0 aliphatic carbocycles. The summed E-state index contributed by atoms with van der Waals surface area (Å²) in [7, 11) is -3.64. The van der Waals surface area contributed by atoms with Crippen molar-refractivity contribution < 1.29 is 12.8 Å². The Bertz CT molecular complexity index is 456. The van der Waals surface area contributed by atoms with E-state index in [1.807, 2.05) is 0 Å². The molecule has 0 unspecified atom stereocenters. The third-order valence-electron chi connectivity index (χ3n) is 1.64. The fourth-order valence-corrected chi connectivity index (χ4v) is 2.24. The summed E-state index contributed by atoms with van der Waals surface area (Å²) < 4.78 is 38.0. The molecule has 0 aliphatic rings. The van der Waals surface area contributed by atoms with Gasteiger partial charge in [-0.3, -0.25) is 0 Å². The minimum Gasteiger partial charge on any atom is -0.329 e. The predicted octanol–water partition coefficient (Wildman–Crippen LogP) is 1.56. The summed E-state index contributed by atoms with van der Waals surface area (Å²) in [4.78, 5) is -0.0812. The van der Waals surface area contributed by atoms with Crippen molar-refractivity contribution in [3.05, 3.63) is 29.0 Å². The first kappa shape index (κ1) is 19.2. The quantitative estimate of drug-likeness (QED) is 0.882. The number of hydrogen-bond donors (Lipinski definition) is 2. The van der Waals surface area contributed by atoms with Crippen molar-refractivity contribution in [2.24, 2.45) is 5.73 Å². The van der Waals surface area contributed by atoms with Gasteiger partial charge in [-0.1, -0.05) is 11.6 Å². The van der Waals surface area contributed by atoms with Crippen LogP contribution in [-0.2, 0) is 10.0 Å². The fraction of sp³-hybridized carbons (Fsp3) is 0.250. The van der Waals surface area contributed by atoms with Crippen LogP contribution in [0, 0.1) is 5.82 Å². The van der Waals surface area contributed by atoms with E-state index in [-0.39, 0.29) is 47.8 Å². The van der Waals surface area contributed by atoms with Gasteiger partial charge in [0.2, 0.25) is 10.0 Å². The van der Waals surface area contributed by atoms with Gasteiger partial charge in [-0.15, -0.1) is 24.8 Å². The minimum atomic E-state index is -3.64. The first-order valence-corrected chi connectivity index (χ1v) is 5.98. The molecule has 0 fully saturated rings. The molecule has 0 heterocycles. The smallest absolute Gasteiger partial charge is 0.240 e. The van der Waals surface area contributed by atoms with Crippen LogP contribution < -0.4 is 10.5 Å². The minimum absolute atomic E-state index is 0. The molecule has 9 heteroatoms. The number of sulfonamides is 1. The molecule has 0 saturated carbocycles. The third-order valence-corrected chi connectivity index (χ3v) is 3.39. The summed E-state index contributed by atoms with van der Waals surface area (Å²) in [6, 6.07) is 3.19. The highest BCUT2D eigenvalue weighted by atomic mass is 35.5. The second-order valence-corrected chi connectivity index (χ2v) is 4.94. The van der Waals surface area contributed by atoms with Gasteiger partial charge in [0.1, 0.15) is 5.82 Å². The van der Waals surface area contributed by atoms with Crippen molar-refractivity contribution >= 4 is 46.4 Å². The van der Waals surface area contributed by atoms with Crippen LogP contribution in [-0.4, -0.2) is 21.5 Å². The van der Waals surface area contributed by atoms with E-state index in [1.54, 1.807) is 0 Å². The highest BCUT2D eigenvalue weighted by Gasteiger charge is 2.14. The van der Waals surface area contributed by atoms with E-state index in [0.29, 0.717) is 0 Å². The number of halogens is 4. The molecule has 3 N–H and O–H groups in total. The number of benzene rings is 1. The van der Waals surface area contributed by atoms with Gasteiger partial charge in [0, 0.05) is 13.1 Å². The second-order valence-electron chi connectivity index (χ2n) is 2.76. The van der Waals surface area contributed by atoms with Crippen molar-refractivity contribution in [1.29, 1.82) is 0 Å². The van der Waals surface area contributed by atoms with Crippen LogP contribution in [0.2, 0.25) is 5.02 Å². The van der Waals surface area contributed by atoms with Crippen molar-refractivity contribution in [1.82, 2.24) is 4.72 Å². The Labute approximate surface area is 117 Å². The van der Waals surface area contributed by atoms with Crippen molar-refractivity contribution in [3.63, 3.8) is 0 Å². The summed E-state index contributed by atoms with van der Waals surface area (Å²) in [5.41, 5.74) is 5.15. The zero-order chi connectivity index (χ0) is 11.5. The average Bonchev–Trinajstić information content (AvgIpc) is 2.19. The standard InChI is InChI=1S/C8H10ClFN2O2S.2ClH/c9-7-5-6(1-2-8(7)10)15(13,14)12-4-3-11;;/h1-2,5,12H,3-4,11H2;2*1H. The van der Waals surface area contributed by atoms with Gasteiger partial charge in [-0.25, -0.2) is 17.5 Å². The van der Waals surface area contributed by atoms with Crippen LogP contribution in [0.5, 0.6) is 0 Å². The molecule has 17 heavy (non-hydrogen) atoms. The van der Waals surface area contributed by atoms with Gasteiger partial charge >= 0.3 is 0 Å². The molecule has 0 amide bonds. The fourth-order valence-electron chi connectivity index (χ4n) is 0.921. The molecule has 1 rings (SSSR count). The molecule has 0 saturated heterocycles. The lowest BCUT2D eigenvalue weighted by Gasteiger charge is -2.05. The molecule has 0 bridgehead atoms. The number of nitrogens with two attached hydrogens (primary N) is 1. The molecule has 1 aromatic rings. The largest absolute Gasteiger partial charge is 0.329 e. The maximum Gasteiger partial charge on any atom is 0.240 e. The molecule has 0 spiro atoms. The van der Waals surface area contributed by atoms with Gasteiger partial charge < -0.3 is 5.73 Å². The van der Waals surface area contributed by atoms with Crippen molar-refractivity contribution in [3.8, 4) is 0 Å². The Morgan fingerprint density at radius 1 is 1.35 bits per heavy atom. The lowest BCUT2D eigenvalue weighted by Crippen LogP contribution is -2.29. The summed E-state index contributed by atoms with van der Waals surface area (Å²) in [5, 5.41) is -0.231. The first-order valence-electron chi connectivity index (χ1n) is 4.12. The van der Waals surface area contributed by atoms with Crippen LogP contribution in [0.1, 0.15) is 0 Å². The Kier molecular flexibility index (Phi) is 9.13. The highest BCUT2D eigenvalue weighted by molar-refractivity contribution is 7.89. The van der Waals surface area contributed by atoms with Gasteiger partial charge in [-0.05, 0) is 18.2 Å². The number of hydrogen-bond acceptors (Lipinski definition) is 3. The normalized spacial score (nSPS) is 10.3. The Morgan fingerprint density at radius 3 is 2.41 bits per heavy atom. The Morgan fingerprint density at radius 2 is 1.94 bits per heavy atom. The van der Waals surface area contributed by atoms with Crippen molar-refractivity contribution in [2.45, 2.75) is 4.90 Å². The number of rotatable bonds is 4. The van der Waals surface area contributed by atoms with Gasteiger partial charge in [0.05, 0.1) is 9.92 Å². The summed E-state index contributed by atoms with van der Waals surface area (Å²) in [6.45, 7) is 0.311. The van der Waals surface area contributed by atoms with Crippen LogP contribution >= 0.6 is 36.4 Å². The zero-order valence-electron chi connectivity index (χ0n) is 8.52. The second kappa shape index (κ2) is 8.07. The van der Waals surface area contributed by atoms with E-state index in [9.17, 15) is 12.8 Å². The third kappa shape index (κ3) is 5.37. The molecule has 0 aromatic heterocycles. The predicted molar refractivity (Wildman–Crippen MR) is 70.1 cm³/mol. The number of nitrogens with one attached hydrogen (secondary N) is 1. The summed E-state index contributed by atoms with van der Waals surface area (Å²) in [6.07, 6.45) is 0. The zero-order valence-corrected chi connectivity index (χ0v) is 11.7. The maximum atomic E-state index is 12.8. The van der Waals surface area contributed by atoms with Crippen LogP contribution in [0.25, 0.3) is 0 Å². The van der Waals surface area contributed by atoms with E-state index in [1.165, 1.54) is 0 Å². The van der Waals surface area contributed by atoms with Gasteiger partial charge in [0.15, 0.2) is 0 Å².